The van der Waals surface area contributed by atoms with Crippen LogP contribution in [0.5, 0.6) is 0 Å². The number of morpholine rings is 1. The topological polar surface area (TPSA) is 78.5 Å². The van der Waals surface area contributed by atoms with Gasteiger partial charge in [0.15, 0.2) is 0 Å². The second-order valence-electron chi connectivity index (χ2n) is 7.81. The number of hydrogen-bond acceptors (Lipinski definition) is 6. The maximum absolute atomic E-state index is 13.0. The SMILES string of the molecule is O=C([C@@H]1CCCN(c2nc3c(-c4ccccc4)csc3c(=O)[nH]2)C1)N1CCOCC1. The van der Waals surface area contributed by atoms with Crippen LogP contribution < -0.4 is 10.5 Å². The van der Waals surface area contributed by atoms with Gasteiger partial charge in [0, 0.05) is 37.1 Å². The third-order valence-electron chi connectivity index (χ3n) is 5.89. The molecule has 0 unspecified atom stereocenters. The molecule has 4 heterocycles. The minimum atomic E-state index is -0.121. The van der Waals surface area contributed by atoms with Crippen molar-refractivity contribution in [3.8, 4) is 11.1 Å². The number of carbonyl (C=O) groups excluding carboxylic acids is 1. The van der Waals surface area contributed by atoms with Crippen molar-refractivity contribution in [2.24, 2.45) is 5.92 Å². The van der Waals surface area contributed by atoms with Crippen molar-refractivity contribution in [3.63, 3.8) is 0 Å². The number of aromatic amines is 1. The zero-order valence-electron chi connectivity index (χ0n) is 16.7. The average Bonchev–Trinajstić information content (AvgIpc) is 3.24. The summed E-state index contributed by atoms with van der Waals surface area (Å²) in [4.78, 5) is 37.5. The van der Waals surface area contributed by atoms with Crippen molar-refractivity contribution in [3.05, 3.63) is 46.1 Å². The quantitative estimate of drug-likeness (QED) is 0.700. The second kappa shape index (κ2) is 8.20. The summed E-state index contributed by atoms with van der Waals surface area (Å²) in [6.07, 6.45) is 1.77. The summed E-state index contributed by atoms with van der Waals surface area (Å²) in [5, 5.41) is 1.99. The number of H-pyrrole nitrogens is 1. The lowest BCUT2D eigenvalue weighted by Gasteiger charge is -2.36. The summed E-state index contributed by atoms with van der Waals surface area (Å²) in [6, 6.07) is 10.0. The summed E-state index contributed by atoms with van der Waals surface area (Å²) >= 11 is 1.42. The lowest BCUT2D eigenvalue weighted by molar-refractivity contribution is -0.139. The van der Waals surface area contributed by atoms with Gasteiger partial charge in [0.1, 0.15) is 4.70 Å². The molecule has 0 spiro atoms. The van der Waals surface area contributed by atoms with E-state index in [1.807, 2.05) is 40.6 Å². The highest BCUT2D eigenvalue weighted by molar-refractivity contribution is 7.17. The number of benzene rings is 1. The summed E-state index contributed by atoms with van der Waals surface area (Å²) in [5.74, 6) is 0.670. The molecule has 2 aromatic heterocycles. The molecule has 0 saturated carbocycles. The Bertz CT molecular complexity index is 1100. The van der Waals surface area contributed by atoms with Gasteiger partial charge < -0.3 is 14.5 Å². The first-order valence-corrected chi connectivity index (χ1v) is 11.3. The van der Waals surface area contributed by atoms with E-state index in [1.54, 1.807) is 0 Å². The van der Waals surface area contributed by atoms with E-state index in [0.717, 1.165) is 36.0 Å². The molecule has 30 heavy (non-hydrogen) atoms. The van der Waals surface area contributed by atoms with Crippen LogP contribution in [0, 0.1) is 5.92 Å². The molecule has 1 N–H and O–H groups in total. The maximum atomic E-state index is 13.0. The van der Waals surface area contributed by atoms with E-state index in [2.05, 4.69) is 9.88 Å². The Labute approximate surface area is 178 Å². The Balaban J connectivity index is 1.44. The van der Waals surface area contributed by atoms with Crippen LogP contribution in [0.15, 0.2) is 40.5 Å². The number of fused-ring (bicyclic) bond motifs is 1. The number of piperidine rings is 1. The van der Waals surface area contributed by atoms with Gasteiger partial charge in [-0.3, -0.25) is 14.6 Å². The lowest BCUT2D eigenvalue weighted by atomic mass is 9.96. The third-order valence-corrected chi connectivity index (χ3v) is 6.86. The number of amides is 1. The molecule has 0 radical (unpaired) electrons. The number of anilines is 1. The summed E-state index contributed by atoms with van der Waals surface area (Å²) in [7, 11) is 0. The van der Waals surface area contributed by atoms with Crippen LogP contribution in [0.1, 0.15) is 12.8 Å². The number of nitrogens with zero attached hydrogens (tertiary/aromatic N) is 3. The maximum Gasteiger partial charge on any atom is 0.270 e. The molecule has 5 rings (SSSR count). The number of nitrogens with one attached hydrogen (secondary N) is 1. The predicted molar refractivity (Wildman–Crippen MR) is 118 cm³/mol. The molecule has 156 valence electrons. The van der Waals surface area contributed by atoms with Gasteiger partial charge in [-0.25, -0.2) is 4.98 Å². The van der Waals surface area contributed by atoms with Gasteiger partial charge >= 0.3 is 0 Å². The van der Waals surface area contributed by atoms with Crippen LogP contribution in [0.25, 0.3) is 21.3 Å². The number of ether oxygens (including phenoxy) is 1. The van der Waals surface area contributed by atoms with E-state index in [9.17, 15) is 9.59 Å². The van der Waals surface area contributed by atoms with Crippen LogP contribution in [0.3, 0.4) is 0 Å². The highest BCUT2D eigenvalue weighted by Gasteiger charge is 2.31. The summed E-state index contributed by atoms with van der Waals surface area (Å²) in [5.41, 5.74) is 2.63. The van der Waals surface area contributed by atoms with Crippen LogP contribution in [0.4, 0.5) is 5.95 Å². The van der Waals surface area contributed by atoms with Crippen molar-refractivity contribution < 1.29 is 9.53 Å². The Morgan fingerprint density at radius 1 is 1.17 bits per heavy atom. The van der Waals surface area contributed by atoms with Gasteiger partial charge in [-0.1, -0.05) is 30.3 Å². The zero-order chi connectivity index (χ0) is 20.5. The lowest BCUT2D eigenvalue weighted by Crippen LogP contribution is -2.48. The molecule has 1 aromatic carbocycles. The highest BCUT2D eigenvalue weighted by Crippen LogP contribution is 2.32. The van der Waals surface area contributed by atoms with Crippen molar-refractivity contribution >= 4 is 33.4 Å². The van der Waals surface area contributed by atoms with Gasteiger partial charge in [-0.05, 0) is 18.4 Å². The number of rotatable bonds is 3. The molecule has 2 aliphatic rings. The van der Waals surface area contributed by atoms with Crippen LogP contribution in [0.2, 0.25) is 0 Å². The van der Waals surface area contributed by atoms with Crippen LogP contribution in [-0.2, 0) is 9.53 Å². The molecule has 0 bridgehead atoms. The number of hydrogen-bond donors (Lipinski definition) is 1. The van der Waals surface area contributed by atoms with Crippen LogP contribution in [-0.4, -0.2) is 60.2 Å². The molecule has 2 aliphatic heterocycles. The van der Waals surface area contributed by atoms with Crippen molar-refractivity contribution in [2.75, 3.05) is 44.3 Å². The average molecular weight is 425 g/mol. The third kappa shape index (κ3) is 3.61. The van der Waals surface area contributed by atoms with E-state index in [4.69, 9.17) is 9.72 Å². The summed E-state index contributed by atoms with van der Waals surface area (Å²) < 4.78 is 6.00. The second-order valence-corrected chi connectivity index (χ2v) is 8.69. The smallest absolute Gasteiger partial charge is 0.270 e. The van der Waals surface area contributed by atoms with Crippen molar-refractivity contribution in [1.82, 2.24) is 14.9 Å². The zero-order valence-corrected chi connectivity index (χ0v) is 17.5. The van der Waals surface area contributed by atoms with E-state index in [0.29, 0.717) is 43.5 Å². The standard InChI is InChI=1S/C22H24N4O3S/c27-20-19-18(17(14-30-19)15-5-2-1-3-6-15)23-22(24-20)26-8-4-7-16(13-26)21(28)25-9-11-29-12-10-25/h1-3,5-6,14,16H,4,7-13H2,(H,23,24,27)/t16-/m1/s1. The van der Waals surface area contributed by atoms with E-state index in [1.165, 1.54) is 11.3 Å². The largest absolute Gasteiger partial charge is 0.378 e. The fraction of sp³-hybridized carbons (Fsp3) is 0.409. The van der Waals surface area contributed by atoms with Gasteiger partial charge in [0.25, 0.3) is 5.56 Å². The van der Waals surface area contributed by atoms with Gasteiger partial charge in [0.05, 0.1) is 24.6 Å². The first-order chi connectivity index (χ1) is 14.7. The van der Waals surface area contributed by atoms with Crippen LogP contribution >= 0.6 is 11.3 Å². The molecule has 1 amide bonds. The fourth-order valence-electron chi connectivity index (χ4n) is 4.30. The monoisotopic (exact) mass is 424 g/mol. The molecular weight excluding hydrogens is 400 g/mol. The highest BCUT2D eigenvalue weighted by atomic mass is 32.1. The minimum Gasteiger partial charge on any atom is -0.378 e. The molecule has 1 atom stereocenters. The molecule has 7 nitrogen and oxygen atoms in total. The molecule has 3 aromatic rings. The Morgan fingerprint density at radius 3 is 2.77 bits per heavy atom. The Hall–Kier alpha value is -2.71. The first kappa shape index (κ1) is 19.3. The Kier molecular flexibility index (Phi) is 5.26. The first-order valence-electron chi connectivity index (χ1n) is 10.4. The Morgan fingerprint density at radius 2 is 1.97 bits per heavy atom. The molecule has 8 heteroatoms. The van der Waals surface area contributed by atoms with Gasteiger partial charge in [0.2, 0.25) is 11.9 Å². The summed E-state index contributed by atoms with van der Waals surface area (Å²) in [6.45, 7) is 3.89. The fourth-order valence-corrected chi connectivity index (χ4v) is 5.21. The number of thiophene rings is 1. The number of carbonyl (C=O) groups is 1. The van der Waals surface area contributed by atoms with E-state index in [-0.39, 0.29) is 17.4 Å². The molecule has 2 fully saturated rings. The molecule has 2 saturated heterocycles. The van der Waals surface area contributed by atoms with E-state index < -0.39 is 0 Å². The van der Waals surface area contributed by atoms with Crippen molar-refractivity contribution in [1.29, 1.82) is 0 Å². The van der Waals surface area contributed by atoms with Crippen molar-refractivity contribution in [2.45, 2.75) is 12.8 Å². The number of aromatic nitrogens is 2. The minimum absolute atomic E-state index is 0.0751. The van der Waals surface area contributed by atoms with E-state index >= 15 is 0 Å². The van der Waals surface area contributed by atoms with Gasteiger partial charge in [-0.15, -0.1) is 11.3 Å². The molecule has 0 aliphatic carbocycles. The van der Waals surface area contributed by atoms with Gasteiger partial charge in [-0.2, -0.15) is 0 Å². The predicted octanol–water partition coefficient (Wildman–Crippen LogP) is 2.73. The normalized spacial score (nSPS) is 19.9. The molecular formula is C22H24N4O3S.